The average Bonchev–Trinajstić information content (AvgIpc) is 1.56. The number of benzene rings is 12. The lowest BCUT2D eigenvalue weighted by Crippen LogP contribution is -2.11. The Bertz CT molecular complexity index is 5780. The first-order valence-corrected chi connectivity index (χ1v) is 29.1. The normalized spacial score (nSPS) is 12.3. The number of rotatable bonds is 10. The monoisotopic (exact) mass is 1090 g/mol. The molecule has 0 amide bonds. The Hall–Kier alpha value is -11.3. The van der Waals surface area contributed by atoms with Gasteiger partial charge >= 0.3 is 0 Å². The Morgan fingerprint density at radius 3 is 1.35 bits per heavy atom. The van der Waals surface area contributed by atoms with Gasteiger partial charge in [-0.2, -0.15) is 0 Å². The third kappa shape index (κ3) is 6.70. The number of fused-ring (bicyclic) bond motifs is 16. The van der Waals surface area contributed by atoms with E-state index in [-0.39, 0.29) is 0 Å². The lowest BCUT2D eigenvalue weighted by Gasteiger charge is -2.27. The van der Waals surface area contributed by atoms with Crippen molar-refractivity contribution in [3.63, 3.8) is 0 Å². The molecule has 0 saturated carbocycles. The fourth-order valence-electron chi connectivity index (χ4n) is 14.3. The lowest BCUT2D eigenvalue weighted by atomic mass is 10.0. The number of hydrogen-bond acceptors (Lipinski definition) is 4. The zero-order chi connectivity index (χ0) is 56.0. The van der Waals surface area contributed by atoms with Gasteiger partial charge in [0.15, 0.2) is 11.2 Å². The number of aromatic nitrogens is 2. The molecule has 6 aromatic heterocycles. The highest BCUT2D eigenvalue weighted by molar-refractivity contribution is 6.32. The maximum atomic E-state index is 6.90. The van der Waals surface area contributed by atoms with Crippen molar-refractivity contribution < 1.29 is 8.83 Å². The number of para-hydroxylation sites is 5. The van der Waals surface area contributed by atoms with Crippen LogP contribution in [-0.2, 0) is 0 Å². The molecule has 0 aliphatic heterocycles. The summed E-state index contributed by atoms with van der Waals surface area (Å²) in [6, 6.07) is 92.7. The molecule has 6 heteroatoms. The second-order valence-corrected chi connectivity index (χ2v) is 22.3. The van der Waals surface area contributed by atoms with Crippen LogP contribution < -0.4 is 9.80 Å². The van der Waals surface area contributed by atoms with Crippen LogP contribution in [0.5, 0.6) is 0 Å². The summed E-state index contributed by atoms with van der Waals surface area (Å²) in [6.45, 7) is 6.23. The van der Waals surface area contributed by atoms with Gasteiger partial charge in [-0.15, -0.1) is 0 Å². The SMILES string of the molecule is C=Cc1oc2c(N(c3cccc(-c4ccccc4)c3)c3ccc4c5cc6c(cc5n5c7ccccc7c3c45)c3ccc(N(c4cccc(-c5ccccc5)c4)c4cccc5c4oc4ccccc45)c4c5ccccc5n6c34)cccc2c1/C=C\C. The molecule has 18 rings (SSSR count). The van der Waals surface area contributed by atoms with E-state index in [9.17, 15) is 0 Å². The Balaban J connectivity index is 0.903. The molecule has 0 spiro atoms. The molecule has 18 aromatic rings. The molecule has 0 N–H and O–H groups in total. The van der Waals surface area contributed by atoms with Crippen molar-refractivity contribution in [2.75, 3.05) is 9.80 Å². The van der Waals surface area contributed by atoms with Gasteiger partial charge in [0.05, 0.1) is 55.8 Å². The third-order valence-electron chi connectivity index (χ3n) is 17.8. The highest BCUT2D eigenvalue weighted by Crippen LogP contribution is 2.53. The van der Waals surface area contributed by atoms with Crippen molar-refractivity contribution in [2.45, 2.75) is 6.92 Å². The smallest absolute Gasteiger partial charge is 0.159 e. The van der Waals surface area contributed by atoms with E-state index in [1.165, 1.54) is 59.6 Å². The first-order valence-electron chi connectivity index (χ1n) is 29.1. The Kier molecular flexibility index (Phi) is 10.1. The van der Waals surface area contributed by atoms with E-state index in [0.717, 1.165) is 117 Å². The van der Waals surface area contributed by atoms with E-state index >= 15 is 0 Å². The highest BCUT2D eigenvalue weighted by atomic mass is 16.3. The van der Waals surface area contributed by atoms with Gasteiger partial charge in [-0.25, -0.2) is 0 Å². The van der Waals surface area contributed by atoms with Crippen molar-refractivity contribution in [1.82, 2.24) is 8.80 Å². The van der Waals surface area contributed by atoms with Crippen LogP contribution in [-0.4, -0.2) is 8.80 Å². The molecule has 0 bridgehead atoms. The van der Waals surface area contributed by atoms with Gasteiger partial charge in [-0.3, -0.25) is 0 Å². The fourth-order valence-corrected chi connectivity index (χ4v) is 14.3. The minimum Gasteiger partial charge on any atom is -0.454 e. The summed E-state index contributed by atoms with van der Waals surface area (Å²) >= 11 is 0. The van der Waals surface area contributed by atoms with E-state index in [2.05, 4.69) is 286 Å². The Morgan fingerprint density at radius 1 is 0.353 bits per heavy atom. The van der Waals surface area contributed by atoms with E-state index in [0.29, 0.717) is 0 Å². The van der Waals surface area contributed by atoms with Gasteiger partial charge < -0.3 is 27.4 Å². The minimum absolute atomic E-state index is 0.744. The molecular formula is C79H50N4O2. The van der Waals surface area contributed by atoms with Gasteiger partial charge in [0.2, 0.25) is 0 Å². The number of nitrogens with zero attached hydrogens (tertiary/aromatic N) is 4. The molecule has 0 atom stereocenters. The summed E-state index contributed by atoms with van der Waals surface area (Å²) in [5.41, 5.74) is 21.2. The maximum absolute atomic E-state index is 6.90. The van der Waals surface area contributed by atoms with Gasteiger partial charge in [-0.1, -0.05) is 195 Å². The van der Waals surface area contributed by atoms with Crippen LogP contribution in [0.3, 0.4) is 0 Å². The Labute approximate surface area is 488 Å². The lowest BCUT2D eigenvalue weighted by molar-refractivity contribution is 0.604. The van der Waals surface area contributed by atoms with Crippen LogP contribution in [0.1, 0.15) is 18.2 Å². The average molecular weight is 1090 g/mol. The van der Waals surface area contributed by atoms with Gasteiger partial charge in [0, 0.05) is 76.2 Å². The minimum atomic E-state index is 0.744. The standard InChI is InChI=1S/C79H50N4O2/c1-3-21-54-58-33-19-37-68(78(58)84-72(54)4-2)80(52-28-17-26-50(44-52)48-22-7-5-8-23-48)66-42-40-56-62-46-71-63(47-70(62)82-64-35-14-11-31-60(64)74(66)76(56)82)57-41-43-67(75-61-32-12-15-36-65(61)83(71)77(57)75)81(53-29-18-27-51(45-53)49-24-9-6-10-25-49)69-38-20-34-59-55-30-13-16-39-73(55)85-79(59)69/h3-47H,2H2,1H3/b21-3-. The van der Waals surface area contributed by atoms with Crippen LogP contribution in [0.4, 0.5) is 34.1 Å². The van der Waals surface area contributed by atoms with Crippen LogP contribution in [0.15, 0.2) is 276 Å². The highest BCUT2D eigenvalue weighted by Gasteiger charge is 2.30. The molecule has 0 unspecified atom stereocenters. The number of furan rings is 2. The number of allylic oxidation sites excluding steroid dienone is 1. The van der Waals surface area contributed by atoms with Gasteiger partial charge in [0.1, 0.15) is 11.3 Å². The van der Waals surface area contributed by atoms with Gasteiger partial charge in [0.25, 0.3) is 0 Å². The van der Waals surface area contributed by atoms with Crippen molar-refractivity contribution in [1.29, 1.82) is 0 Å². The molecule has 85 heavy (non-hydrogen) atoms. The molecule has 0 saturated heterocycles. The van der Waals surface area contributed by atoms with Gasteiger partial charge in [-0.05, 0) is 114 Å². The quantitative estimate of drug-likeness (QED) is 0.137. The molecule has 0 fully saturated rings. The topological polar surface area (TPSA) is 41.6 Å². The zero-order valence-electron chi connectivity index (χ0n) is 46.3. The number of anilines is 6. The Morgan fingerprint density at radius 2 is 0.812 bits per heavy atom. The molecule has 6 nitrogen and oxygen atoms in total. The summed E-state index contributed by atoms with van der Waals surface area (Å²) in [6.07, 6.45) is 6.00. The summed E-state index contributed by atoms with van der Waals surface area (Å²) in [5.74, 6) is 0.744. The third-order valence-corrected chi connectivity index (χ3v) is 17.8. The second-order valence-electron chi connectivity index (χ2n) is 22.3. The van der Waals surface area contributed by atoms with Crippen LogP contribution in [0.25, 0.3) is 144 Å². The van der Waals surface area contributed by atoms with Crippen molar-refractivity contribution in [3.8, 4) is 22.3 Å². The van der Waals surface area contributed by atoms with Crippen molar-refractivity contribution >= 4 is 155 Å². The van der Waals surface area contributed by atoms with Crippen LogP contribution in [0.2, 0.25) is 0 Å². The van der Waals surface area contributed by atoms with E-state index < -0.39 is 0 Å². The molecule has 0 aliphatic rings. The molecule has 398 valence electrons. The molecule has 12 aromatic carbocycles. The largest absolute Gasteiger partial charge is 0.454 e. The first kappa shape index (κ1) is 47.3. The second kappa shape index (κ2) is 18.1. The van der Waals surface area contributed by atoms with Crippen LogP contribution in [0, 0.1) is 0 Å². The molecule has 6 heterocycles. The maximum Gasteiger partial charge on any atom is 0.159 e. The first-order chi connectivity index (χ1) is 42.1. The van der Waals surface area contributed by atoms with E-state index in [1.54, 1.807) is 0 Å². The van der Waals surface area contributed by atoms with Crippen molar-refractivity contribution in [3.05, 3.63) is 279 Å². The summed E-state index contributed by atoms with van der Waals surface area (Å²) < 4.78 is 18.8. The zero-order valence-corrected chi connectivity index (χ0v) is 46.3. The predicted octanol–water partition coefficient (Wildman–Crippen LogP) is 22.6. The predicted molar refractivity (Wildman–Crippen MR) is 358 cm³/mol. The fraction of sp³-hybridized carbons (Fsp3) is 0.0127. The number of hydrogen-bond donors (Lipinski definition) is 0. The molecule has 0 radical (unpaired) electrons. The molecular weight excluding hydrogens is 1040 g/mol. The summed E-state index contributed by atoms with van der Waals surface area (Å²) in [4.78, 5) is 4.84. The van der Waals surface area contributed by atoms with E-state index in [4.69, 9.17) is 8.83 Å². The summed E-state index contributed by atoms with van der Waals surface area (Å²) in [7, 11) is 0. The molecule has 0 aliphatic carbocycles. The summed E-state index contributed by atoms with van der Waals surface area (Å²) in [5, 5.41) is 12.7. The van der Waals surface area contributed by atoms with Crippen molar-refractivity contribution in [2.24, 2.45) is 0 Å². The van der Waals surface area contributed by atoms with Crippen LogP contribution >= 0.6 is 0 Å². The van der Waals surface area contributed by atoms with E-state index in [1.807, 2.05) is 19.1 Å².